The van der Waals surface area contributed by atoms with Crippen molar-refractivity contribution in [3.8, 4) is 0 Å². The quantitative estimate of drug-likeness (QED) is 0.793. The lowest BCUT2D eigenvalue weighted by Gasteiger charge is -2.15. The number of thioether (sulfide) groups is 1. The van der Waals surface area contributed by atoms with Gasteiger partial charge in [0.05, 0.1) is 10.8 Å². The van der Waals surface area contributed by atoms with Gasteiger partial charge in [0.2, 0.25) is 5.91 Å². The first-order chi connectivity index (χ1) is 9.10. The highest BCUT2D eigenvalue weighted by Gasteiger charge is 2.31. The zero-order chi connectivity index (χ0) is 13.8. The molecule has 3 nitrogen and oxygen atoms in total. The number of carbonyl (C=O) groups excluding carboxylic acids is 1. The fourth-order valence-electron chi connectivity index (χ4n) is 1.85. The van der Waals surface area contributed by atoms with Gasteiger partial charge in [-0.05, 0) is 37.0 Å². The minimum Gasteiger partial charge on any atom is -0.351 e. The van der Waals surface area contributed by atoms with Gasteiger partial charge in [0.1, 0.15) is 0 Å². The molecule has 0 bridgehead atoms. The Morgan fingerprint density at radius 3 is 2.84 bits per heavy atom. The molecule has 1 aliphatic carbocycles. The lowest BCUT2D eigenvalue weighted by atomic mass is 10.2. The van der Waals surface area contributed by atoms with Gasteiger partial charge in [-0.15, -0.1) is 11.8 Å². The monoisotopic (exact) mass is 318 g/mol. The molecule has 19 heavy (non-hydrogen) atoms. The van der Waals surface area contributed by atoms with E-state index in [0.29, 0.717) is 28.3 Å². The highest BCUT2D eigenvalue weighted by molar-refractivity contribution is 8.00. The Morgan fingerprint density at radius 1 is 1.47 bits per heavy atom. The molecule has 0 radical (unpaired) electrons. The summed E-state index contributed by atoms with van der Waals surface area (Å²) in [4.78, 5) is 12.7. The van der Waals surface area contributed by atoms with Gasteiger partial charge in [-0.3, -0.25) is 4.79 Å². The van der Waals surface area contributed by atoms with Crippen molar-refractivity contribution in [1.29, 1.82) is 0 Å². The van der Waals surface area contributed by atoms with Crippen LogP contribution in [0.2, 0.25) is 10.0 Å². The van der Waals surface area contributed by atoms with Crippen molar-refractivity contribution in [1.82, 2.24) is 5.32 Å². The van der Waals surface area contributed by atoms with Crippen LogP contribution in [-0.2, 0) is 4.79 Å². The molecule has 0 aliphatic heterocycles. The lowest BCUT2D eigenvalue weighted by molar-refractivity contribution is -0.119. The van der Waals surface area contributed by atoms with Crippen molar-refractivity contribution >= 4 is 40.9 Å². The Hall–Kier alpha value is -0.420. The summed E-state index contributed by atoms with van der Waals surface area (Å²) in [5.41, 5.74) is 5.65. The number of rotatable bonds is 6. The third-order valence-corrected chi connectivity index (χ3v) is 4.78. The number of benzene rings is 1. The SMILES string of the molecule is NCC(NC(=O)CSc1cc(Cl)ccc1Cl)C1CC1. The van der Waals surface area contributed by atoms with Crippen LogP contribution < -0.4 is 11.1 Å². The summed E-state index contributed by atoms with van der Waals surface area (Å²) >= 11 is 13.3. The molecule has 0 aromatic heterocycles. The normalized spacial score (nSPS) is 16.2. The molecule has 0 spiro atoms. The van der Waals surface area contributed by atoms with E-state index < -0.39 is 0 Å². The van der Waals surface area contributed by atoms with Crippen LogP contribution in [0.1, 0.15) is 12.8 Å². The van der Waals surface area contributed by atoms with Crippen LogP contribution >= 0.6 is 35.0 Å². The van der Waals surface area contributed by atoms with Crippen molar-refractivity contribution in [2.24, 2.45) is 11.7 Å². The summed E-state index contributed by atoms with van der Waals surface area (Å²) in [7, 11) is 0. The van der Waals surface area contributed by atoms with E-state index in [1.165, 1.54) is 11.8 Å². The molecule has 0 saturated heterocycles. The van der Waals surface area contributed by atoms with Gasteiger partial charge in [0.15, 0.2) is 0 Å². The molecule has 1 fully saturated rings. The maximum Gasteiger partial charge on any atom is 0.230 e. The van der Waals surface area contributed by atoms with E-state index in [1.54, 1.807) is 18.2 Å². The Bertz CT molecular complexity index is 466. The van der Waals surface area contributed by atoms with E-state index in [-0.39, 0.29) is 11.9 Å². The average molecular weight is 319 g/mol. The van der Waals surface area contributed by atoms with E-state index in [9.17, 15) is 4.79 Å². The number of hydrogen-bond acceptors (Lipinski definition) is 3. The Kier molecular flexibility index (Phi) is 5.39. The number of nitrogens with one attached hydrogen (secondary N) is 1. The minimum absolute atomic E-state index is 0.0107. The molecule has 1 atom stereocenters. The molecule has 3 N–H and O–H groups in total. The van der Waals surface area contributed by atoms with Crippen molar-refractivity contribution in [2.75, 3.05) is 12.3 Å². The molecule has 104 valence electrons. The summed E-state index contributed by atoms with van der Waals surface area (Å²) in [6, 6.07) is 5.34. The third-order valence-electron chi connectivity index (χ3n) is 3.04. The van der Waals surface area contributed by atoms with Crippen molar-refractivity contribution in [3.05, 3.63) is 28.2 Å². The standard InChI is InChI=1S/C13H16Cl2N2OS/c14-9-3-4-10(15)12(5-9)19-7-13(18)17-11(6-16)8-1-2-8/h3-5,8,11H,1-2,6-7,16H2,(H,17,18). The Labute approximate surface area is 127 Å². The molecule has 2 rings (SSSR count). The van der Waals surface area contributed by atoms with Gasteiger partial charge in [-0.2, -0.15) is 0 Å². The molecule has 0 heterocycles. The van der Waals surface area contributed by atoms with Crippen LogP contribution in [0, 0.1) is 5.92 Å². The van der Waals surface area contributed by atoms with Gasteiger partial charge >= 0.3 is 0 Å². The average Bonchev–Trinajstić information content (AvgIpc) is 3.21. The second-order valence-electron chi connectivity index (χ2n) is 4.61. The summed E-state index contributed by atoms with van der Waals surface area (Å²) in [5, 5.41) is 4.20. The highest BCUT2D eigenvalue weighted by atomic mass is 35.5. The predicted molar refractivity (Wildman–Crippen MR) is 80.9 cm³/mol. The number of halogens is 2. The maximum absolute atomic E-state index is 11.9. The van der Waals surface area contributed by atoms with E-state index in [2.05, 4.69) is 5.32 Å². The fourth-order valence-corrected chi connectivity index (χ4v) is 3.15. The third kappa shape index (κ3) is 4.56. The maximum atomic E-state index is 11.9. The van der Waals surface area contributed by atoms with Crippen LogP contribution in [0.5, 0.6) is 0 Å². The molecule has 6 heteroatoms. The van der Waals surface area contributed by atoms with Crippen molar-refractivity contribution in [2.45, 2.75) is 23.8 Å². The fraction of sp³-hybridized carbons (Fsp3) is 0.462. The van der Waals surface area contributed by atoms with Crippen LogP contribution in [0.4, 0.5) is 0 Å². The lowest BCUT2D eigenvalue weighted by Crippen LogP contribution is -2.42. The highest BCUT2D eigenvalue weighted by Crippen LogP contribution is 2.32. The van der Waals surface area contributed by atoms with Crippen LogP contribution in [-0.4, -0.2) is 24.2 Å². The van der Waals surface area contributed by atoms with Gasteiger partial charge < -0.3 is 11.1 Å². The van der Waals surface area contributed by atoms with E-state index in [1.807, 2.05) is 0 Å². The van der Waals surface area contributed by atoms with Crippen molar-refractivity contribution in [3.63, 3.8) is 0 Å². The molecular formula is C13H16Cl2N2OS. The first kappa shape index (κ1) is 15.0. The first-order valence-electron chi connectivity index (χ1n) is 6.17. The van der Waals surface area contributed by atoms with Crippen LogP contribution in [0.15, 0.2) is 23.1 Å². The second-order valence-corrected chi connectivity index (χ2v) is 6.47. The predicted octanol–water partition coefficient (Wildman–Crippen LogP) is 2.94. The van der Waals surface area contributed by atoms with Gasteiger partial charge in [-0.1, -0.05) is 23.2 Å². The van der Waals surface area contributed by atoms with E-state index >= 15 is 0 Å². The Morgan fingerprint density at radius 2 is 2.21 bits per heavy atom. The molecule has 1 amide bonds. The Balaban J connectivity index is 1.84. The topological polar surface area (TPSA) is 55.1 Å². The van der Waals surface area contributed by atoms with E-state index in [0.717, 1.165) is 17.7 Å². The number of hydrogen-bond donors (Lipinski definition) is 2. The summed E-state index contributed by atoms with van der Waals surface area (Å²) < 4.78 is 0. The van der Waals surface area contributed by atoms with E-state index in [4.69, 9.17) is 28.9 Å². The van der Waals surface area contributed by atoms with Crippen LogP contribution in [0.3, 0.4) is 0 Å². The van der Waals surface area contributed by atoms with Gasteiger partial charge in [-0.25, -0.2) is 0 Å². The largest absolute Gasteiger partial charge is 0.351 e. The molecule has 1 aromatic carbocycles. The number of nitrogens with two attached hydrogens (primary N) is 1. The molecular weight excluding hydrogens is 303 g/mol. The van der Waals surface area contributed by atoms with Crippen molar-refractivity contribution < 1.29 is 4.79 Å². The summed E-state index contributed by atoms with van der Waals surface area (Å²) in [6.07, 6.45) is 2.32. The zero-order valence-corrected chi connectivity index (χ0v) is 12.7. The summed E-state index contributed by atoms with van der Waals surface area (Å²) in [5.74, 6) is 0.876. The molecule has 1 aromatic rings. The molecule has 1 aliphatic rings. The van der Waals surface area contributed by atoms with Crippen LogP contribution in [0.25, 0.3) is 0 Å². The molecule has 1 saturated carbocycles. The number of carbonyl (C=O) groups is 1. The van der Waals surface area contributed by atoms with Gasteiger partial charge in [0.25, 0.3) is 0 Å². The van der Waals surface area contributed by atoms with Gasteiger partial charge in [0, 0.05) is 22.5 Å². The first-order valence-corrected chi connectivity index (χ1v) is 7.91. The summed E-state index contributed by atoms with van der Waals surface area (Å²) in [6.45, 7) is 0.499. The number of amides is 1. The molecule has 1 unspecified atom stereocenters. The second kappa shape index (κ2) is 6.84. The smallest absolute Gasteiger partial charge is 0.230 e. The zero-order valence-electron chi connectivity index (χ0n) is 10.4. The minimum atomic E-state index is -0.0107.